The molecule has 0 saturated carbocycles. The second-order valence-electron chi connectivity index (χ2n) is 2.23. The van der Waals surface area contributed by atoms with Crippen molar-refractivity contribution >= 4 is 6.29 Å². The second kappa shape index (κ2) is 2.54. The van der Waals surface area contributed by atoms with Crippen LogP contribution in [-0.4, -0.2) is 17.2 Å². The van der Waals surface area contributed by atoms with Gasteiger partial charge in [-0.25, -0.2) is 8.78 Å². The van der Waals surface area contributed by atoms with E-state index in [1.54, 1.807) is 0 Å². The number of allylic oxidation sites excluding steroid dienone is 2. The van der Waals surface area contributed by atoms with Crippen LogP contribution in [0.4, 0.5) is 8.78 Å². The van der Waals surface area contributed by atoms with Crippen LogP contribution in [0.5, 0.6) is 0 Å². The minimum atomic E-state index is -3.16. The standard InChI is InChI=1S/C7H6F2O2/c8-6-3-1-2-5(4-10)7(6,9)11/h1-5,11H. The summed E-state index contributed by atoms with van der Waals surface area (Å²) in [4.78, 5) is 10.1. The largest absolute Gasteiger partial charge is 0.356 e. The monoisotopic (exact) mass is 160 g/mol. The van der Waals surface area contributed by atoms with Crippen LogP contribution in [0, 0.1) is 5.92 Å². The average molecular weight is 160 g/mol. The zero-order chi connectivity index (χ0) is 8.48. The van der Waals surface area contributed by atoms with Crippen molar-refractivity contribution in [3.63, 3.8) is 0 Å². The van der Waals surface area contributed by atoms with Crippen molar-refractivity contribution in [2.24, 2.45) is 5.92 Å². The molecule has 2 atom stereocenters. The molecule has 1 N–H and O–H groups in total. The van der Waals surface area contributed by atoms with Crippen LogP contribution < -0.4 is 0 Å². The van der Waals surface area contributed by atoms with Gasteiger partial charge in [-0.3, -0.25) is 0 Å². The number of carbonyl (C=O) groups excluding carboxylic acids is 1. The number of carbonyl (C=O) groups is 1. The minimum absolute atomic E-state index is 0.156. The Morgan fingerprint density at radius 2 is 2.36 bits per heavy atom. The fourth-order valence-electron chi connectivity index (χ4n) is 0.799. The fraction of sp³-hybridized carbons (Fsp3) is 0.286. The van der Waals surface area contributed by atoms with Crippen LogP contribution in [0.15, 0.2) is 24.1 Å². The van der Waals surface area contributed by atoms with E-state index in [0.29, 0.717) is 0 Å². The summed E-state index contributed by atoms with van der Waals surface area (Å²) in [6, 6.07) is 0. The summed E-state index contributed by atoms with van der Waals surface area (Å²) in [5.41, 5.74) is 0. The molecule has 0 spiro atoms. The molecule has 1 aliphatic rings. The number of hydrogen-bond donors (Lipinski definition) is 1. The van der Waals surface area contributed by atoms with Crippen molar-refractivity contribution in [3.05, 3.63) is 24.1 Å². The van der Waals surface area contributed by atoms with Crippen LogP contribution >= 0.6 is 0 Å². The number of rotatable bonds is 1. The summed E-state index contributed by atoms with van der Waals surface area (Å²) in [6.45, 7) is 0. The molecule has 0 saturated heterocycles. The van der Waals surface area contributed by atoms with E-state index in [-0.39, 0.29) is 6.29 Å². The first-order chi connectivity index (χ1) is 5.09. The predicted molar refractivity (Wildman–Crippen MR) is 33.9 cm³/mol. The number of aldehydes is 1. The fourth-order valence-corrected chi connectivity index (χ4v) is 0.799. The van der Waals surface area contributed by atoms with E-state index in [2.05, 4.69) is 0 Å². The molecule has 0 radical (unpaired) electrons. The summed E-state index contributed by atoms with van der Waals surface area (Å²) in [6.07, 6.45) is 3.21. The van der Waals surface area contributed by atoms with Gasteiger partial charge in [0.2, 0.25) is 0 Å². The molecule has 1 rings (SSSR count). The normalized spacial score (nSPS) is 36.6. The summed E-state index contributed by atoms with van der Waals surface area (Å²) in [5, 5.41) is 8.71. The Bertz CT molecular complexity index is 231. The molecule has 60 valence electrons. The molecule has 0 amide bonds. The molecule has 0 fully saturated rings. The summed E-state index contributed by atoms with van der Waals surface area (Å²) < 4.78 is 25.2. The van der Waals surface area contributed by atoms with Crippen LogP contribution in [0.3, 0.4) is 0 Å². The molecule has 0 bridgehead atoms. The molecule has 0 aromatic carbocycles. The van der Waals surface area contributed by atoms with E-state index < -0.39 is 17.6 Å². The van der Waals surface area contributed by atoms with Gasteiger partial charge < -0.3 is 9.90 Å². The van der Waals surface area contributed by atoms with Gasteiger partial charge in [-0.15, -0.1) is 0 Å². The molecule has 0 aromatic heterocycles. The molecule has 2 unspecified atom stereocenters. The molecule has 4 heteroatoms. The van der Waals surface area contributed by atoms with E-state index in [1.165, 1.54) is 6.08 Å². The average Bonchev–Trinajstić information content (AvgIpc) is 1.95. The van der Waals surface area contributed by atoms with E-state index in [9.17, 15) is 13.6 Å². The molecule has 0 aromatic rings. The summed E-state index contributed by atoms with van der Waals surface area (Å²) >= 11 is 0. The van der Waals surface area contributed by atoms with Gasteiger partial charge in [0.15, 0.2) is 5.83 Å². The molecule has 0 heterocycles. The van der Waals surface area contributed by atoms with Gasteiger partial charge in [0.25, 0.3) is 5.85 Å². The maximum absolute atomic E-state index is 12.8. The van der Waals surface area contributed by atoms with Crippen LogP contribution in [0.25, 0.3) is 0 Å². The number of aliphatic hydroxyl groups is 1. The van der Waals surface area contributed by atoms with Gasteiger partial charge in [-0.05, 0) is 6.08 Å². The second-order valence-corrected chi connectivity index (χ2v) is 2.23. The SMILES string of the molecule is O=CC1C=CC=C(F)C1(O)F. The predicted octanol–water partition coefficient (Wildman–Crippen LogP) is 0.883. The maximum Gasteiger partial charge on any atom is 0.272 e. The van der Waals surface area contributed by atoms with E-state index in [4.69, 9.17) is 5.11 Å². The van der Waals surface area contributed by atoms with Gasteiger partial charge in [0.05, 0.1) is 5.92 Å². The molecule has 0 aliphatic heterocycles. The van der Waals surface area contributed by atoms with Crippen LogP contribution in [0.1, 0.15) is 0 Å². The van der Waals surface area contributed by atoms with Gasteiger partial charge >= 0.3 is 0 Å². The van der Waals surface area contributed by atoms with E-state index in [0.717, 1.165) is 12.2 Å². The van der Waals surface area contributed by atoms with Crippen molar-refractivity contribution in [2.45, 2.75) is 5.85 Å². The van der Waals surface area contributed by atoms with Crippen molar-refractivity contribution in [1.29, 1.82) is 0 Å². The first kappa shape index (κ1) is 8.07. The van der Waals surface area contributed by atoms with Crippen LogP contribution in [-0.2, 0) is 4.79 Å². The molecule has 2 nitrogen and oxygen atoms in total. The topological polar surface area (TPSA) is 37.3 Å². The molecule has 1 aliphatic carbocycles. The van der Waals surface area contributed by atoms with Crippen molar-refractivity contribution in [2.75, 3.05) is 0 Å². The highest BCUT2D eigenvalue weighted by Crippen LogP contribution is 2.31. The highest BCUT2D eigenvalue weighted by Gasteiger charge is 2.41. The zero-order valence-electron chi connectivity index (χ0n) is 5.50. The highest BCUT2D eigenvalue weighted by atomic mass is 19.2. The lowest BCUT2D eigenvalue weighted by molar-refractivity contribution is -0.133. The van der Waals surface area contributed by atoms with Gasteiger partial charge in [-0.1, -0.05) is 12.2 Å². The summed E-state index contributed by atoms with van der Waals surface area (Å²) in [7, 11) is 0. The lowest BCUT2D eigenvalue weighted by Crippen LogP contribution is -2.35. The van der Waals surface area contributed by atoms with E-state index >= 15 is 0 Å². The lowest BCUT2D eigenvalue weighted by Gasteiger charge is -2.22. The first-order valence-electron chi connectivity index (χ1n) is 3.00. The Balaban J connectivity index is 2.97. The van der Waals surface area contributed by atoms with Gasteiger partial charge in [0, 0.05) is 0 Å². The lowest BCUT2D eigenvalue weighted by atomic mass is 9.96. The minimum Gasteiger partial charge on any atom is -0.356 e. The smallest absolute Gasteiger partial charge is 0.272 e. The van der Waals surface area contributed by atoms with Gasteiger partial charge in [0.1, 0.15) is 6.29 Å². The third-order valence-electron chi connectivity index (χ3n) is 1.48. The Hall–Kier alpha value is -1.03. The number of alkyl halides is 1. The molecular weight excluding hydrogens is 154 g/mol. The quantitative estimate of drug-likeness (QED) is 0.578. The third kappa shape index (κ3) is 1.21. The van der Waals surface area contributed by atoms with E-state index in [1.807, 2.05) is 0 Å². The summed E-state index contributed by atoms with van der Waals surface area (Å²) in [5.74, 6) is -5.93. The third-order valence-corrected chi connectivity index (χ3v) is 1.48. The Morgan fingerprint density at radius 3 is 2.82 bits per heavy atom. The first-order valence-corrected chi connectivity index (χ1v) is 3.00. The Kier molecular flexibility index (Phi) is 1.87. The van der Waals surface area contributed by atoms with Gasteiger partial charge in [-0.2, -0.15) is 0 Å². The molecule has 11 heavy (non-hydrogen) atoms. The van der Waals surface area contributed by atoms with Crippen molar-refractivity contribution in [3.8, 4) is 0 Å². The van der Waals surface area contributed by atoms with Crippen LogP contribution in [0.2, 0.25) is 0 Å². The Morgan fingerprint density at radius 1 is 1.73 bits per heavy atom. The van der Waals surface area contributed by atoms with Crippen molar-refractivity contribution in [1.82, 2.24) is 0 Å². The zero-order valence-corrected chi connectivity index (χ0v) is 5.50. The number of hydrogen-bond acceptors (Lipinski definition) is 2. The number of halogens is 2. The molecular formula is C7H6F2O2. The van der Waals surface area contributed by atoms with Crippen molar-refractivity contribution < 1.29 is 18.7 Å². The Labute approximate surface area is 61.8 Å². The highest BCUT2D eigenvalue weighted by molar-refractivity contribution is 5.60. The maximum atomic E-state index is 12.8.